The van der Waals surface area contributed by atoms with E-state index in [-0.39, 0.29) is 12.2 Å². The van der Waals surface area contributed by atoms with Crippen molar-refractivity contribution >= 4 is 11.8 Å². The van der Waals surface area contributed by atoms with Gasteiger partial charge in [-0.2, -0.15) is 4.98 Å². The first-order valence-electron chi connectivity index (χ1n) is 8.91. The van der Waals surface area contributed by atoms with Gasteiger partial charge < -0.3 is 19.6 Å². The Bertz CT molecular complexity index is 706. The van der Waals surface area contributed by atoms with Gasteiger partial charge in [-0.05, 0) is 30.5 Å². The van der Waals surface area contributed by atoms with Gasteiger partial charge in [0.1, 0.15) is 17.7 Å². The predicted molar refractivity (Wildman–Crippen MR) is 97.3 cm³/mol. The molecule has 4 rings (SSSR count). The van der Waals surface area contributed by atoms with Crippen LogP contribution in [0.1, 0.15) is 18.4 Å². The topological polar surface area (TPSA) is 61.7 Å². The van der Waals surface area contributed by atoms with Gasteiger partial charge in [0, 0.05) is 32.8 Å². The molecule has 132 valence electrons. The minimum absolute atomic E-state index is 0.125. The molecule has 2 aliphatic heterocycles. The second-order valence-electron chi connectivity index (χ2n) is 6.87. The number of aliphatic hydroxyl groups is 1. The van der Waals surface area contributed by atoms with Crippen LogP contribution in [-0.2, 0) is 6.42 Å². The van der Waals surface area contributed by atoms with E-state index in [4.69, 9.17) is 9.72 Å². The Kier molecular flexibility index (Phi) is 4.44. The highest BCUT2D eigenvalue weighted by molar-refractivity contribution is 5.44. The summed E-state index contributed by atoms with van der Waals surface area (Å²) in [5, 5.41) is 9.67. The van der Waals surface area contributed by atoms with Crippen molar-refractivity contribution in [3.8, 4) is 5.75 Å². The van der Waals surface area contributed by atoms with Crippen molar-refractivity contribution in [1.29, 1.82) is 0 Å². The van der Waals surface area contributed by atoms with Crippen LogP contribution in [0.5, 0.6) is 5.75 Å². The number of aromatic nitrogens is 2. The third-order valence-corrected chi connectivity index (χ3v) is 4.95. The Morgan fingerprint density at radius 1 is 1.24 bits per heavy atom. The largest absolute Gasteiger partial charge is 0.488 e. The van der Waals surface area contributed by atoms with E-state index < -0.39 is 0 Å². The summed E-state index contributed by atoms with van der Waals surface area (Å²) in [5.74, 6) is 2.63. The number of benzene rings is 1. The number of nitrogens with zero attached hydrogens (tertiary/aromatic N) is 4. The van der Waals surface area contributed by atoms with Crippen LogP contribution in [0.2, 0.25) is 0 Å². The molecule has 0 saturated carbocycles. The average Bonchev–Trinajstić information content (AvgIpc) is 3.04. The normalized spacial score (nSPS) is 20.2. The lowest BCUT2D eigenvalue weighted by molar-refractivity contribution is 0.145. The summed E-state index contributed by atoms with van der Waals surface area (Å²) in [7, 11) is 2.01. The molecule has 0 amide bonds. The van der Waals surface area contributed by atoms with E-state index in [0.717, 1.165) is 50.5 Å². The Balaban J connectivity index is 1.41. The first-order valence-corrected chi connectivity index (χ1v) is 8.91. The van der Waals surface area contributed by atoms with Crippen LogP contribution < -0.4 is 14.5 Å². The van der Waals surface area contributed by atoms with Gasteiger partial charge in [0.25, 0.3) is 0 Å². The molecular formula is C19H24N4O2. The molecule has 2 aromatic rings. The quantitative estimate of drug-likeness (QED) is 0.917. The predicted octanol–water partition coefficient (Wildman–Crippen LogP) is 1.88. The first-order chi connectivity index (χ1) is 12.2. The number of anilines is 2. The first kappa shape index (κ1) is 16.1. The van der Waals surface area contributed by atoms with Crippen molar-refractivity contribution in [3.05, 3.63) is 42.1 Å². The SMILES string of the molecule is CN(CC1Cc2ccccc2O1)c1nccc(N2CCC(O)CC2)n1. The molecule has 0 radical (unpaired) electrons. The number of hydrogen-bond donors (Lipinski definition) is 1. The summed E-state index contributed by atoms with van der Waals surface area (Å²) < 4.78 is 6.02. The fraction of sp³-hybridized carbons (Fsp3) is 0.474. The molecule has 1 aromatic heterocycles. The van der Waals surface area contributed by atoms with E-state index in [0.29, 0.717) is 5.95 Å². The van der Waals surface area contributed by atoms with Crippen molar-refractivity contribution < 1.29 is 9.84 Å². The molecule has 1 atom stereocenters. The molecule has 0 bridgehead atoms. The highest BCUT2D eigenvalue weighted by Crippen LogP contribution is 2.29. The van der Waals surface area contributed by atoms with Crippen molar-refractivity contribution in [2.24, 2.45) is 0 Å². The van der Waals surface area contributed by atoms with E-state index in [1.807, 2.05) is 31.4 Å². The summed E-state index contributed by atoms with van der Waals surface area (Å²) in [6.45, 7) is 2.42. The number of rotatable bonds is 4. The maximum absolute atomic E-state index is 9.67. The van der Waals surface area contributed by atoms with Gasteiger partial charge in [0.2, 0.25) is 5.95 Å². The zero-order valence-electron chi connectivity index (χ0n) is 14.5. The van der Waals surface area contributed by atoms with Crippen molar-refractivity contribution in [1.82, 2.24) is 9.97 Å². The number of fused-ring (bicyclic) bond motifs is 1. The number of hydrogen-bond acceptors (Lipinski definition) is 6. The Morgan fingerprint density at radius 3 is 2.84 bits per heavy atom. The van der Waals surface area contributed by atoms with Gasteiger partial charge in [-0.3, -0.25) is 0 Å². The summed E-state index contributed by atoms with van der Waals surface area (Å²) in [4.78, 5) is 13.4. The van der Waals surface area contributed by atoms with E-state index in [2.05, 4.69) is 26.9 Å². The standard InChI is InChI=1S/C19H24N4O2/c1-22(13-16-12-14-4-2-3-5-17(14)25-16)19-20-9-6-18(21-19)23-10-7-15(24)8-11-23/h2-6,9,15-16,24H,7-8,10-13H2,1H3. The Morgan fingerprint density at radius 2 is 2.04 bits per heavy atom. The fourth-order valence-corrected chi connectivity index (χ4v) is 3.54. The molecule has 0 spiro atoms. The lowest BCUT2D eigenvalue weighted by Gasteiger charge is -2.31. The smallest absolute Gasteiger partial charge is 0.227 e. The van der Waals surface area contributed by atoms with Gasteiger partial charge in [0.05, 0.1) is 12.6 Å². The maximum Gasteiger partial charge on any atom is 0.227 e. The third kappa shape index (κ3) is 3.54. The van der Waals surface area contributed by atoms with Crippen LogP contribution in [0.15, 0.2) is 36.5 Å². The highest BCUT2D eigenvalue weighted by Gasteiger charge is 2.25. The summed E-state index contributed by atoms with van der Waals surface area (Å²) in [5.41, 5.74) is 1.27. The van der Waals surface area contributed by atoms with Crippen LogP contribution in [0, 0.1) is 0 Å². The second-order valence-corrected chi connectivity index (χ2v) is 6.87. The zero-order valence-corrected chi connectivity index (χ0v) is 14.5. The molecule has 6 heteroatoms. The molecular weight excluding hydrogens is 316 g/mol. The number of ether oxygens (including phenoxy) is 1. The number of aliphatic hydroxyl groups excluding tert-OH is 1. The molecule has 6 nitrogen and oxygen atoms in total. The molecule has 1 fully saturated rings. The molecule has 2 aliphatic rings. The van der Waals surface area contributed by atoms with Gasteiger partial charge in [-0.1, -0.05) is 18.2 Å². The molecule has 1 aromatic carbocycles. The summed E-state index contributed by atoms with van der Waals surface area (Å²) in [6.07, 6.45) is 4.27. The van der Waals surface area contributed by atoms with Gasteiger partial charge in [0.15, 0.2) is 0 Å². The Labute approximate surface area is 148 Å². The van der Waals surface area contributed by atoms with Gasteiger partial charge in [-0.15, -0.1) is 0 Å². The molecule has 25 heavy (non-hydrogen) atoms. The van der Waals surface area contributed by atoms with E-state index >= 15 is 0 Å². The fourth-order valence-electron chi connectivity index (χ4n) is 3.54. The minimum Gasteiger partial charge on any atom is -0.488 e. The second kappa shape index (κ2) is 6.88. The summed E-state index contributed by atoms with van der Waals surface area (Å²) in [6, 6.07) is 10.1. The molecule has 1 unspecified atom stereocenters. The van der Waals surface area contributed by atoms with E-state index in [1.165, 1.54) is 5.56 Å². The van der Waals surface area contributed by atoms with Gasteiger partial charge in [-0.25, -0.2) is 4.98 Å². The lowest BCUT2D eigenvalue weighted by Crippen LogP contribution is -2.37. The molecule has 3 heterocycles. The van der Waals surface area contributed by atoms with Crippen LogP contribution in [0.3, 0.4) is 0 Å². The van der Waals surface area contributed by atoms with Crippen LogP contribution >= 0.6 is 0 Å². The average molecular weight is 340 g/mol. The Hall–Kier alpha value is -2.34. The number of piperidine rings is 1. The minimum atomic E-state index is -0.179. The van der Waals surface area contributed by atoms with Crippen LogP contribution in [-0.4, -0.2) is 54.0 Å². The lowest BCUT2D eigenvalue weighted by atomic mass is 10.1. The van der Waals surface area contributed by atoms with Crippen molar-refractivity contribution in [2.75, 3.05) is 36.5 Å². The maximum atomic E-state index is 9.67. The third-order valence-electron chi connectivity index (χ3n) is 4.95. The molecule has 1 saturated heterocycles. The van der Waals surface area contributed by atoms with Gasteiger partial charge >= 0.3 is 0 Å². The van der Waals surface area contributed by atoms with E-state index in [9.17, 15) is 5.11 Å². The highest BCUT2D eigenvalue weighted by atomic mass is 16.5. The molecule has 0 aliphatic carbocycles. The van der Waals surface area contributed by atoms with Crippen molar-refractivity contribution in [2.45, 2.75) is 31.5 Å². The number of likely N-dealkylation sites (N-methyl/N-ethyl adjacent to an activating group) is 1. The van der Waals surface area contributed by atoms with Crippen molar-refractivity contribution in [3.63, 3.8) is 0 Å². The monoisotopic (exact) mass is 340 g/mol. The molecule has 1 N–H and O–H groups in total. The van der Waals surface area contributed by atoms with E-state index in [1.54, 1.807) is 0 Å². The number of para-hydroxylation sites is 1. The van der Waals surface area contributed by atoms with Crippen LogP contribution in [0.25, 0.3) is 0 Å². The zero-order chi connectivity index (χ0) is 17.2. The van der Waals surface area contributed by atoms with Crippen LogP contribution in [0.4, 0.5) is 11.8 Å². The summed E-state index contributed by atoms with van der Waals surface area (Å²) >= 11 is 0.